The highest BCUT2D eigenvalue weighted by Crippen LogP contribution is 2.09. The van der Waals surface area contributed by atoms with E-state index in [1.54, 1.807) is 0 Å². The molecule has 0 aliphatic carbocycles. The summed E-state index contributed by atoms with van der Waals surface area (Å²) in [7, 11) is 0. The van der Waals surface area contributed by atoms with Crippen LogP contribution in [0, 0.1) is 0 Å². The van der Waals surface area contributed by atoms with Gasteiger partial charge in [-0.25, -0.2) is 0 Å². The molecule has 2 rings (SSSR count). The summed E-state index contributed by atoms with van der Waals surface area (Å²) >= 11 is 0. The number of rotatable bonds is 3. The summed E-state index contributed by atoms with van der Waals surface area (Å²) in [5.74, 6) is 0.915. The average Bonchev–Trinajstić information content (AvgIpc) is 2.30. The molecule has 1 fully saturated rings. The standard InChI is InChI=1S/C12H17NO2/c1-10-7-13-11(8-14-10)9-15-12-5-3-2-4-6-12/h2-6,10-11,13H,7-9H2,1H3. The van der Waals surface area contributed by atoms with E-state index in [-0.39, 0.29) is 0 Å². The predicted molar refractivity (Wildman–Crippen MR) is 59.1 cm³/mol. The van der Waals surface area contributed by atoms with Gasteiger partial charge in [0.15, 0.2) is 0 Å². The third kappa shape index (κ3) is 3.22. The lowest BCUT2D eigenvalue weighted by atomic mass is 10.2. The van der Waals surface area contributed by atoms with E-state index >= 15 is 0 Å². The van der Waals surface area contributed by atoms with Crippen LogP contribution in [0.5, 0.6) is 5.75 Å². The van der Waals surface area contributed by atoms with Gasteiger partial charge in [0, 0.05) is 6.54 Å². The third-order valence-corrected chi connectivity index (χ3v) is 2.47. The first-order chi connectivity index (χ1) is 7.34. The Kier molecular flexibility index (Phi) is 3.59. The van der Waals surface area contributed by atoms with Gasteiger partial charge in [-0.2, -0.15) is 0 Å². The fourth-order valence-electron chi connectivity index (χ4n) is 1.55. The van der Waals surface area contributed by atoms with E-state index in [0.29, 0.717) is 18.8 Å². The number of para-hydroxylation sites is 1. The van der Waals surface area contributed by atoms with Gasteiger partial charge in [-0.1, -0.05) is 18.2 Å². The van der Waals surface area contributed by atoms with Crippen molar-refractivity contribution in [1.29, 1.82) is 0 Å². The Morgan fingerprint density at radius 3 is 2.87 bits per heavy atom. The normalized spacial score (nSPS) is 26.2. The Labute approximate surface area is 90.4 Å². The highest BCUT2D eigenvalue weighted by Gasteiger charge is 2.17. The Balaban J connectivity index is 1.74. The van der Waals surface area contributed by atoms with Gasteiger partial charge in [0.25, 0.3) is 0 Å². The van der Waals surface area contributed by atoms with E-state index in [1.807, 2.05) is 30.3 Å². The summed E-state index contributed by atoms with van der Waals surface area (Å²) in [4.78, 5) is 0. The maximum absolute atomic E-state index is 5.64. The zero-order chi connectivity index (χ0) is 10.5. The van der Waals surface area contributed by atoms with E-state index in [4.69, 9.17) is 9.47 Å². The van der Waals surface area contributed by atoms with Crippen LogP contribution in [0.15, 0.2) is 30.3 Å². The molecule has 1 aromatic rings. The van der Waals surface area contributed by atoms with Crippen LogP contribution >= 0.6 is 0 Å². The summed E-state index contributed by atoms with van der Waals surface area (Å²) in [6.07, 6.45) is 0.318. The van der Waals surface area contributed by atoms with Gasteiger partial charge in [-0.15, -0.1) is 0 Å². The van der Waals surface area contributed by atoms with E-state index in [1.165, 1.54) is 0 Å². The van der Waals surface area contributed by atoms with Crippen molar-refractivity contribution in [2.75, 3.05) is 19.8 Å². The minimum Gasteiger partial charge on any atom is -0.492 e. The van der Waals surface area contributed by atoms with Crippen molar-refractivity contribution in [3.8, 4) is 5.75 Å². The lowest BCUT2D eigenvalue weighted by Gasteiger charge is -2.28. The number of hydrogen-bond acceptors (Lipinski definition) is 3. The lowest BCUT2D eigenvalue weighted by molar-refractivity contribution is 0.00457. The zero-order valence-electron chi connectivity index (χ0n) is 8.98. The molecule has 0 aromatic heterocycles. The second-order valence-electron chi connectivity index (χ2n) is 3.87. The average molecular weight is 207 g/mol. The van der Waals surface area contributed by atoms with Crippen molar-refractivity contribution in [2.45, 2.75) is 19.1 Å². The molecule has 2 atom stereocenters. The van der Waals surface area contributed by atoms with Crippen molar-refractivity contribution >= 4 is 0 Å². The molecule has 1 aromatic carbocycles. The highest BCUT2D eigenvalue weighted by molar-refractivity contribution is 5.20. The number of morpholine rings is 1. The summed E-state index contributed by atoms with van der Waals surface area (Å²) < 4.78 is 11.2. The molecule has 0 saturated carbocycles. The molecule has 0 spiro atoms. The maximum Gasteiger partial charge on any atom is 0.119 e. The molecule has 3 nitrogen and oxygen atoms in total. The molecule has 0 radical (unpaired) electrons. The molecular formula is C12H17NO2. The molecule has 0 amide bonds. The molecule has 3 heteroatoms. The summed E-state index contributed by atoms with van der Waals surface area (Å²) in [6.45, 7) is 4.37. The van der Waals surface area contributed by atoms with Crippen LogP contribution < -0.4 is 10.1 Å². The first kappa shape index (κ1) is 10.5. The van der Waals surface area contributed by atoms with Gasteiger partial charge in [0.1, 0.15) is 12.4 Å². The molecule has 2 unspecified atom stereocenters. The predicted octanol–water partition coefficient (Wildman–Crippen LogP) is 1.44. The van der Waals surface area contributed by atoms with Gasteiger partial charge in [0.05, 0.1) is 18.8 Å². The topological polar surface area (TPSA) is 30.5 Å². The van der Waals surface area contributed by atoms with Gasteiger partial charge < -0.3 is 14.8 Å². The Morgan fingerprint density at radius 1 is 1.40 bits per heavy atom. The van der Waals surface area contributed by atoms with Crippen LogP contribution in [-0.4, -0.2) is 31.9 Å². The minimum absolute atomic E-state index is 0.307. The van der Waals surface area contributed by atoms with Gasteiger partial charge in [-0.05, 0) is 19.1 Å². The van der Waals surface area contributed by atoms with Crippen molar-refractivity contribution in [3.63, 3.8) is 0 Å². The van der Waals surface area contributed by atoms with Crippen molar-refractivity contribution < 1.29 is 9.47 Å². The molecule has 1 saturated heterocycles. The number of benzene rings is 1. The third-order valence-electron chi connectivity index (χ3n) is 2.47. The first-order valence-corrected chi connectivity index (χ1v) is 5.37. The van der Waals surface area contributed by atoms with Crippen LogP contribution in [0.3, 0.4) is 0 Å². The van der Waals surface area contributed by atoms with Crippen LogP contribution in [0.25, 0.3) is 0 Å². The smallest absolute Gasteiger partial charge is 0.119 e. The van der Waals surface area contributed by atoms with Gasteiger partial charge >= 0.3 is 0 Å². The van der Waals surface area contributed by atoms with E-state index in [0.717, 1.165) is 18.9 Å². The second kappa shape index (κ2) is 5.14. The van der Waals surface area contributed by atoms with Gasteiger partial charge in [-0.3, -0.25) is 0 Å². The first-order valence-electron chi connectivity index (χ1n) is 5.37. The Bertz CT molecular complexity index is 281. The van der Waals surface area contributed by atoms with Crippen LogP contribution in [-0.2, 0) is 4.74 Å². The fraction of sp³-hybridized carbons (Fsp3) is 0.500. The monoisotopic (exact) mass is 207 g/mol. The molecule has 15 heavy (non-hydrogen) atoms. The lowest BCUT2D eigenvalue weighted by Crippen LogP contribution is -2.48. The molecule has 1 aliphatic rings. The quantitative estimate of drug-likeness (QED) is 0.813. The summed E-state index contributed by atoms with van der Waals surface area (Å²) in [5, 5.41) is 3.39. The van der Waals surface area contributed by atoms with Crippen LogP contribution in [0.4, 0.5) is 0 Å². The number of ether oxygens (including phenoxy) is 2. The number of hydrogen-bond donors (Lipinski definition) is 1. The van der Waals surface area contributed by atoms with Crippen molar-refractivity contribution in [1.82, 2.24) is 5.32 Å². The number of nitrogens with one attached hydrogen (secondary N) is 1. The largest absolute Gasteiger partial charge is 0.492 e. The fourth-order valence-corrected chi connectivity index (χ4v) is 1.55. The van der Waals surface area contributed by atoms with Crippen LogP contribution in [0.1, 0.15) is 6.92 Å². The molecule has 1 N–H and O–H groups in total. The minimum atomic E-state index is 0.307. The van der Waals surface area contributed by atoms with Crippen molar-refractivity contribution in [2.24, 2.45) is 0 Å². The molecule has 82 valence electrons. The molecule has 1 aliphatic heterocycles. The van der Waals surface area contributed by atoms with Crippen LogP contribution in [0.2, 0.25) is 0 Å². The molecular weight excluding hydrogens is 190 g/mol. The molecule has 1 heterocycles. The second-order valence-corrected chi connectivity index (χ2v) is 3.87. The summed E-state index contributed by atoms with van der Waals surface area (Å²) in [5.41, 5.74) is 0. The summed E-state index contributed by atoms with van der Waals surface area (Å²) in [6, 6.07) is 10.2. The maximum atomic E-state index is 5.64. The Hall–Kier alpha value is -1.06. The van der Waals surface area contributed by atoms with Gasteiger partial charge in [0.2, 0.25) is 0 Å². The van der Waals surface area contributed by atoms with E-state index < -0.39 is 0 Å². The SMILES string of the molecule is CC1CNC(COc2ccccc2)CO1. The van der Waals surface area contributed by atoms with Crippen molar-refractivity contribution in [3.05, 3.63) is 30.3 Å². The highest BCUT2D eigenvalue weighted by atomic mass is 16.5. The zero-order valence-corrected chi connectivity index (χ0v) is 8.98. The Morgan fingerprint density at radius 2 is 2.20 bits per heavy atom. The molecule has 0 bridgehead atoms. The van der Waals surface area contributed by atoms with E-state index in [9.17, 15) is 0 Å². The van der Waals surface area contributed by atoms with E-state index in [2.05, 4.69) is 12.2 Å².